The van der Waals surface area contributed by atoms with Gasteiger partial charge in [0.15, 0.2) is 0 Å². The number of benzene rings is 1. The lowest BCUT2D eigenvalue weighted by Gasteiger charge is -2.41. The number of nitrogens with zero attached hydrogens (tertiary/aromatic N) is 2. The molecule has 0 saturated carbocycles. The van der Waals surface area contributed by atoms with E-state index in [9.17, 15) is 14.4 Å². The molecule has 4 heterocycles. The van der Waals surface area contributed by atoms with E-state index in [0.717, 1.165) is 56.7 Å². The predicted octanol–water partition coefficient (Wildman–Crippen LogP) is 0.530. The molecule has 3 fully saturated rings. The Labute approximate surface area is 175 Å². The van der Waals surface area contributed by atoms with Crippen LogP contribution in [0.5, 0.6) is 0 Å². The van der Waals surface area contributed by atoms with E-state index in [2.05, 4.69) is 16.3 Å². The molecule has 8 nitrogen and oxygen atoms in total. The van der Waals surface area contributed by atoms with Crippen LogP contribution >= 0.6 is 0 Å². The van der Waals surface area contributed by atoms with Crippen LogP contribution in [0.1, 0.15) is 53.6 Å². The summed E-state index contributed by atoms with van der Waals surface area (Å²) in [4.78, 5) is 40.7. The zero-order chi connectivity index (χ0) is 20.9. The molecule has 0 radical (unpaired) electrons. The summed E-state index contributed by atoms with van der Waals surface area (Å²) < 4.78 is 5.58. The highest BCUT2D eigenvalue weighted by Crippen LogP contribution is 2.39. The minimum atomic E-state index is -0.576. The highest BCUT2D eigenvalue weighted by Gasteiger charge is 2.45. The number of hydrogen-bond donors (Lipinski definition) is 2. The van der Waals surface area contributed by atoms with Gasteiger partial charge in [-0.2, -0.15) is 0 Å². The average molecular weight is 412 g/mol. The second kappa shape index (κ2) is 7.44. The molecule has 3 saturated heterocycles. The van der Waals surface area contributed by atoms with Crippen molar-refractivity contribution in [3.05, 3.63) is 34.9 Å². The Bertz CT molecular complexity index is 895. The molecule has 5 rings (SSSR count). The Balaban J connectivity index is 1.33. The van der Waals surface area contributed by atoms with Crippen LogP contribution in [-0.4, -0.2) is 64.9 Å². The van der Waals surface area contributed by atoms with Crippen LogP contribution in [0.2, 0.25) is 0 Å². The number of ether oxygens (including phenoxy) is 1. The number of amides is 3. The van der Waals surface area contributed by atoms with Crippen LogP contribution in [0.4, 0.5) is 0 Å². The molecule has 160 valence electrons. The van der Waals surface area contributed by atoms with Crippen molar-refractivity contribution in [2.75, 3.05) is 19.8 Å². The van der Waals surface area contributed by atoms with Crippen LogP contribution < -0.4 is 11.1 Å². The van der Waals surface area contributed by atoms with Crippen molar-refractivity contribution in [1.82, 2.24) is 15.1 Å². The molecule has 1 spiro atoms. The molecule has 3 N–H and O–H groups in total. The molecular formula is C22H28N4O4. The molecule has 0 aliphatic carbocycles. The third-order valence-corrected chi connectivity index (χ3v) is 7.15. The second-order valence-electron chi connectivity index (χ2n) is 9.07. The third-order valence-electron chi connectivity index (χ3n) is 7.15. The Morgan fingerprint density at radius 1 is 1.20 bits per heavy atom. The average Bonchev–Trinajstić information content (AvgIpc) is 3.19. The number of carbonyl (C=O) groups excluding carboxylic acids is 3. The van der Waals surface area contributed by atoms with Gasteiger partial charge in [0.1, 0.15) is 6.04 Å². The van der Waals surface area contributed by atoms with Crippen molar-refractivity contribution in [1.29, 1.82) is 0 Å². The normalized spacial score (nSPS) is 28.8. The topological polar surface area (TPSA) is 105 Å². The first-order chi connectivity index (χ1) is 14.4. The van der Waals surface area contributed by atoms with Crippen LogP contribution in [0.15, 0.2) is 18.2 Å². The number of piperidine rings is 1. The molecule has 0 bridgehead atoms. The van der Waals surface area contributed by atoms with Gasteiger partial charge in [0.2, 0.25) is 11.8 Å². The predicted molar refractivity (Wildman–Crippen MR) is 108 cm³/mol. The molecule has 4 aliphatic heterocycles. The maximum absolute atomic E-state index is 12.9. The van der Waals surface area contributed by atoms with E-state index in [1.165, 1.54) is 0 Å². The van der Waals surface area contributed by atoms with E-state index >= 15 is 0 Å². The lowest BCUT2D eigenvalue weighted by Crippen LogP contribution is -2.52. The third kappa shape index (κ3) is 3.33. The van der Waals surface area contributed by atoms with Gasteiger partial charge in [0.25, 0.3) is 5.91 Å². The molecule has 1 aromatic carbocycles. The van der Waals surface area contributed by atoms with Crippen molar-refractivity contribution < 1.29 is 19.1 Å². The summed E-state index contributed by atoms with van der Waals surface area (Å²) in [7, 11) is 0. The lowest BCUT2D eigenvalue weighted by molar-refractivity contribution is -0.136. The standard InChI is InChI=1S/C22H28N4O4/c23-16-10-22(5-7-30-8-6-22)25(13-16)11-14-1-2-17-15(9-14)12-26(21(17)29)18-3-4-19(27)24-20(18)28/h1-2,9,16,18H,3-8,10-13,23H2,(H,24,27,28). The highest BCUT2D eigenvalue weighted by molar-refractivity contribution is 6.05. The molecule has 30 heavy (non-hydrogen) atoms. The van der Waals surface area contributed by atoms with Crippen molar-refractivity contribution in [3.8, 4) is 0 Å². The number of fused-ring (bicyclic) bond motifs is 1. The Hall–Kier alpha value is -2.29. The van der Waals surface area contributed by atoms with Gasteiger partial charge in [0, 0.05) is 56.4 Å². The zero-order valence-corrected chi connectivity index (χ0v) is 17.1. The van der Waals surface area contributed by atoms with E-state index in [1.807, 2.05) is 12.1 Å². The number of carbonyl (C=O) groups is 3. The number of nitrogens with one attached hydrogen (secondary N) is 1. The highest BCUT2D eigenvalue weighted by atomic mass is 16.5. The van der Waals surface area contributed by atoms with Crippen LogP contribution in [0.25, 0.3) is 0 Å². The first-order valence-electron chi connectivity index (χ1n) is 10.8. The summed E-state index contributed by atoms with van der Waals surface area (Å²) in [5, 5.41) is 2.35. The minimum absolute atomic E-state index is 0.116. The van der Waals surface area contributed by atoms with Crippen LogP contribution in [0.3, 0.4) is 0 Å². The summed E-state index contributed by atoms with van der Waals surface area (Å²) >= 11 is 0. The van der Waals surface area contributed by atoms with Crippen LogP contribution in [-0.2, 0) is 27.4 Å². The Morgan fingerprint density at radius 3 is 2.77 bits per heavy atom. The molecule has 1 aromatic rings. The molecule has 0 aromatic heterocycles. The maximum Gasteiger partial charge on any atom is 0.255 e. The molecule has 3 amide bonds. The van der Waals surface area contributed by atoms with E-state index in [1.54, 1.807) is 4.90 Å². The fraction of sp³-hybridized carbons (Fsp3) is 0.591. The first kappa shape index (κ1) is 19.7. The fourth-order valence-electron chi connectivity index (χ4n) is 5.61. The van der Waals surface area contributed by atoms with E-state index < -0.39 is 6.04 Å². The van der Waals surface area contributed by atoms with Crippen molar-refractivity contribution >= 4 is 17.7 Å². The van der Waals surface area contributed by atoms with Gasteiger partial charge >= 0.3 is 0 Å². The summed E-state index contributed by atoms with van der Waals surface area (Å²) in [6, 6.07) is 5.60. The maximum atomic E-state index is 12.9. The molecule has 2 atom stereocenters. The minimum Gasteiger partial charge on any atom is -0.381 e. The number of hydrogen-bond acceptors (Lipinski definition) is 6. The van der Waals surface area contributed by atoms with Crippen molar-refractivity contribution in [3.63, 3.8) is 0 Å². The SMILES string of the molecule is NC1CN(Cc2ccc3c(c2)CN(C2CCC(=O)NC2=O)C3=O)C2(CCOCC2)C1. The molecule has 2 unspecified atom stereocenters. The van der Waals surface area contributed by atoms with Gasteiger partial charge < -0.3 is 15.4 Å². The molecule has 8 heteroatoms. The van der Waals surface area contributed by atoms with Gasteiger partial charge in [-0.25, -0.2) is 0 Å². The first-order valence-corrected chi connectivity index (χ1v) is 10.8. The van der Waals surface area contributed by atoms with Gasteiger partial charge in [-0.1, -0.05) is 12.1 Å². The van der Waals surface area contributed by atoms with Gasteiger partial charge in [-0.05, 0) is 42.9 Å². The smallest absolute Gasteiger partial charge is 0.255 e. The summed E-state index contributed by atoms with van der Waals surface area (Å²) in [5.74, 6) is -0.774. The van der Waals surface area contributed by atoms with Crippen LogP contribution in [0, 0.1) is 0 Å². The zero-order valence-electron chi connectivity index (χ0n) is 17.1. The number of rotatable bonds is 3. The second-order valence-corrected chi connectivity index (χ2v) is 9.07. The van der Waals surface area contributed by atoms with Gasteiger partial charge in [0.05, 0.1) is 0 Å². The Kier molecular flexibility index (Phi) is 4.88. The number of likely N-dealkylation sites (tertiary alicyclic amines) is 1. The summed E-state index contributed by atoms with van der Waals surface area (Å²) in [5.41, 5.74) is 9.20. The summed E-state index contributed by atoms with van der Waals surface area (Å²) in [6.07, 6.45) is 3.67. The largest absolute Gasteiger partial charge is 0.381 e. The van der Waals surface area contributed by atoms with Crippen molar-refractivity contribution in [2.24, 2.45) is 5.73 Å². The molecule has 4 aliphatic rings. The quantitative estimate of drug-likeness (QED) is 0.702. The van der Waals surface area contributed by atoms with E-state index in [0.29, 0.717) is 18.5 Å². The van der Waals surface area contributed by atoms with E-state index in [4.69, 9.17) is 10.5 Å². The van der Waals surface area contributed by atoms with Crippen molar-refractivity contribution in [2.45, 2.75) is 62.8 Å². The van der Waals surface area contributed by atoms with Gasteiger partial charge in [-0.15, -0.1) is 0 Å². The van der Waals surface area contributed by atoms with Gasteiger partial charge in [-0.3, -0.25) is 24.6 Å². The Morgan fingerprint density at radius 2 is 2.00 bits per heavy atom. The molecular weight excluding hydrogens is 384 g/mol. The lowest BCUT2D eigenvalue weighted by atomic mass is 9.86. The number of nitrogens with two attached hydrogens (primary N) is 1. The number of imide groups is 1. The monoisotopic (exact) mass is 412 g/mol. The van der Waals surface area contributed by atoms with E-state index in [-0.39, 0.29) is 35.7 Å². The summed E-state index contributed by atoms with van der Waals surface area (Å²) in [6.45, 7) is 3.64. The fourth-order valence-corrected chi connectivity index (χ4v) is 5.61.